The highest BCUT2D eigenvalue weighted by Crippen LogP contribution is 2.48. The Balaban J connectivity index is 1.27. The minimum absolute atomic E-state index is 0.0282. The molecule has 7 heteroatoms. The van der Waals surface area contributed by atoms with Gasteiger partial charge in [-0.2, -0.15) is 5.26 Å². The summed E-state index contributed by atoms with van der Waals surface area (Å²) < 4.78 is 0. The molecule has 0 bridgehead atoms. The van der Waals surface area contributed by atoms with Gasteiger partial charge in [-0.3, -0.25) is 14.6 Å². The van der Waals surface area contributed by atoms with E-state index in [0.29, 0.717) is 36.5 Å². The monoisotopic (exact) mass is 442 g/mol. The lowest BCUT2D eigenvalue weighted by Gasteiger charge is -2.27. The largest absolute Gasteiger partial charge is 0.337 e. The molecule has 0 saturated heterocycles. The molecule has 2 atom stereocenters. The first kappa shape index (κ1) is 20.4. The van der Waals surface area contributed by atoms with Gasteiger partial charge in [0.25, 0.3) is 0 Å². The molecule has 1 saturated carbocycles. The topological polar surface area (TPSA) is 86.1 Å². The molecule has 1 fully saturated rings. The summed E-state index contributed by atoms with van der Waals surface area (Å²) in [6.45, 7) is 1.05. The summed E-state index contributed by atoms with van der Waals surface area (Å²) >= 11 is 1.43. The minimum Gasteiger partial charge on any atom is -0.337 e. The van der Waals surface area contributed by atoms with Gasteiger partial charge < -0.3 is 10.2 Å². The molecule has 1 aliphatic heterocycles. The molecule has 2 unspecified atom stereocenters. The molecule has 2 amide bonds. The van der Waals surface area contributed by atoms with Gasteiger partial charge in [-0.15, -0.1) is 11.3 Å². The number of hydrogen-bond acceptors (Lipinski definition) is 5. The van der Waals surface area contributed by atoms with Crippen LogP contribution in [0.4, 0.5) is 5.00 Å². The van der Waals surface area contributed by atoms with Gasteiger partial charge in [-0.25, -0.2) is 0 Å². The van der Waals surface area contributed by atoms with Crippen molar-refractivity contribution in [2.45, 2.75) is 31.7 Å². The molecular formula is C25H22N4O2S. The molecule has 0 radical (unpaired) electrons. The van der Waals surface area contributed by atoms with Crippen LogP contribution < -0.4 is 5.32 Å². The summed E-state index contributed by atoms with van der Waals surface area (Å²) in [5.41, 5.74) is 3.64. The highest BCUT2D eigenvalue weighted by Gasteiger charge is 2.44. The van der Waals surface area contributed by atoms with Gasteiger partial charge in [-0.1, -0.05) is 30.3 Å². The Bertz CT molecular complexity index is 1200. The fourth-order valence-electron chi connectivity index (χ4n) is 4.37. The number of fused-ring (bicyclic) bond motifs is 1. The number of amides is 2. The normalized spacial score (nSPS) is 19.0. The van der Waals surface area contributed by atoms with Crippen molar-refractivity contribution in [2.75, 3.05) is 11.9 Å². The van der Waals surface area contributed by atoms with Gasteiger partial charge in [0, 0.05) is 29.7 Å². The second kappa shape index (κ2) is 8.56. The van der Waals surface area contributed by atoms with Crippen molar-refractivity contribution in [1.82, 2.24) is 9.88 Å². The second-order valence-electron chi connectivity index (χ2n) is 8.27. The van der Waals surface area contributed by atoms with Crippen LogP contribution in [0.1, 0.15) is 39.5 Å². The van der Waals surface area contributed by atoms with Crippen molar-refractivity contribution in [3.8, 4) is 6.07 Å². The Kier molecular flexibility index (Phi) is 5.46. The van der Waals surface area contributed by atoms with E-state index >= 15 is 0 Å². The molecule has 2 aromatic heterocycles. The van der Waals surface area contributed by atoms with Gasteiger partial charge in [-0.05, 0) is 47.6 Å². The van der Waals surface area contributed by atoms with Crippen molar-refractivity contribution in [3.05, 3.63) is 82.0 Å². The van der Waals surface area contributed by atoms with Crippen molar-refractivity contribution >= 4 is 28.2 Å². The van der Waals surface area contributed by atoms with E-state index in [1.165, 1.54) is 16.9 Å². The zero-order chi connectivity index (χ0) is 22.1. The summed E-state index contributed by atoms with van der Waals surface area (Å²) in [6.07, 6.45) is 5.17. The molecule has 160 valence electrons. The molecule has 3 heterocycles. The van der Waals surface area contributed by atoms with Gasteiger partial charge in [0.05, 0.1) is 18.5 Å². The second-order valence-corrected chi connectivity index (χ2v) is 9.37. The predicted molar refractivity (Wildman–Crippen MR) is 122 cm³/mol. The number of nitriles is 1. The molecule has 0 spiro atoms. The van der Waals surface area contributed by atoms with Crippen LogP contribution in [0.5, 0.6) is 0 Å². The number of benzene rings is 1. The number of nitrogens with zero attached hydrogens (tertiary/aromatic N) is 3. The number of rotatable bonds is 5. The van der Waals surface area contributed by atoms with E-state index in [2.05, 4.69) is 28.5 Å². The highest BCUT2D eigenvalue weighted by molar-refractivity contribution is 7.16. The number of hydrogen-bond donors (Lipinski definition) is 1. The van der Waals surface area contributed by atoms with Crippen molar-refractivity contribution < 1.29 is 9.59 Å². The first-order valence-corrected chi connectivity index (χ1v) is 11.5. The summed E-state index contributed by atoms with van der Waals surface area (Å²) in [5.74, 6) is 0.224. The van der Waals surface area contributed by atoms with Crippen LogP contribution in [0.15, 0.2) is 54.9 Å². The predicted octanol–water partition coefficient (Wildman–Crippen LogP) is 3.88. The van der Waals surface area contributed by atoms with Crippen LogP contribution in [-0.4, -0.2) is 28.2 Å². The third-order valence-corrected chi connectivity index (χ3v) is 7.35. The van der Waals surface area contributed by atoms with Crippen LogP contribution >= 0.6 is 11.3 Å². The van der Waals surface area contributed by atoms with E-state index < -0.39 is 0 Å². The molecule has 2 aliphatic rings. The van der Waals surface area contributed by atoms with Crippen LogP contribution in [0.2, 0.25) is 0 Å². The molecule has 6 nitrogen and oxygen atoms in total. The highest BCUT2D eigenvalue weighted by atomic mass is 32.1. The van der Waals surface area contributed by atoms with Crippen LogP contribution in [0.3, 0.4) is 0 Å². The van der Waals surface area contributed by atoms with E-state index in [1.807, 2.05) is 35.2 Å². The van der Waals surface area contributed by atoms with E-state index in [-0.39, 0.29) is 23.7 Å². The lowest BCUT2D eigenvalue weighted by Crippen LogP contribution is -2.36. The summed E-state index contributed by atoms with van der Waals surface area (Å²) in [5, 5.41) is 13.4. The smallest absolute Gasteiger partial charge is 0.228 e. The fourth-order valence-corrected chi connectivity index (χ4v) is 5.58. The number of carbonyl (C=O) groups excluding carboxylic acids is 2. The number of thiophene rings is 1. The lowest BCUT2D eigenvalue weighted by molar-refractivity contribution is -0.131. The Hall–Kier alpha value is -3.50. The SMILES string of the molecule is N#Cc1c(NC(=O)C2CC2c2ccccc2)sc2c1CCN(C(=O)Cc1ccncc1)C2. The standard InChI is InChI=1S/C25H22N4O2S/c26-14-21-18-8-11-29(23(30)12-16-6-9-27-10-7-16)15-22(18)32-25(21)28-24(31)20-13-19(20)17-4-2-1-3-5-17/h1-7,9-10,19-20H,8,11-13,15H2,(H,28,31). The van der Waals surface area contributed by atoms with Gasteiger partial charge >= 0.3 is 0 Å². The molecule has 1 aromatic carbocycles. The van der Waals surface area contributed by atoms with Crippen molar-refractivity contribution in [1.29, 1.82) is 5.26 Å². The molecule has 3 aromatic rings. The van der Waals surface area contributed by atoms with Crippen LogP contribution in [0.25, 0.3) is 0 Å². The summed E-state index contributed by atoms with van der Waals surface area (Å²) in [4.78, 5) is 32.4. The number of carbonyl (C=O) groups is 2. The van der Waals surface area contributed by atoms with Crippen LogP contribution in [0, 0.1) is 17.2 Å². The Morgan fingerprint density at radius 1 is 1.19 bits per heavy atom. The number of pyridine rings is 1. The molecule has 5 rings (SSSR count). The third-order valence-electron chi connectivity index (χ3n) is 6.22. The van der Waals surface area contributed by atoms with Gasteiger partial charge in [0.1, 0.15) is 11.1 Å². The Labute approximate surface area is 190 Å². The Morgan fingerprint density at radius 3 is 2.72 bits per heavy atom. The summed E-state index contributed by atoms with van der Waals surface area (Å²) in [6, 6.07) is 16.0. The zero-order valence-electron chi connectivity index (χ0n) is 17.5. The summed E-state index contributed by atoms with van der Waals surface area (Å²) in [7, 11) is 0. The third kappa shape index (κ3) is 4.02. The first-order valence-electron chi connectivity index (χ1n) is 10.7. The molecule has 1 aliphatic carbocycles. The van der Waals surface area contributed by atoms with Crippen molar-refractivity contribution in [3.63, 3.8) is 0 Å². The average Bonchev–Trinajstić information content (AvgIpc) is 3.56. The van der Waals surface area contributed by atoms with Gasteiger partial charge in [0.2, 0.25) is 11.8 Å². The number of anilines is 1. The van der Waals surface area contributed by atoms with E-state index in [1.54, 1.807) is 12.4 Å². The lowest BCUT2D eigenvalue weighted by atomic mass is 10.0. The van der Waals surface area contributed by atoms with E-state index in [9.17, 15) is 14.9 Å². The molecule has 1 N–H and O–H groups in total. The van der Waals surface area contributed by atoms with E-state index in [4.69, 9.17) is 0 Å². The zero-order valence-corrected chi connectivity index (χ0v) is 18.3. The number of aromatic nitrogens is 1. The maximum Gasteiger partial charge on any atom is 0.228 e. The first-order chi connectivity index (χ1) is 15.6. The average molecular weight is 443 g/mol. The molecule has 32 heavy (non-hydrogen) atoms. The Morgan fingerprint density at radius 2 is 1.97 bits per heavy atom. The minimum atomic E-state index is -0.0542. The number of nitrogens with one attached hydrogen (secondary N) is 1. The van der Waals surface area contributed by atoms with Crippen molar-refractivity contribution in [2.24, 2.45) is 5.92 Å². The van der Waals surface area contributed by atoms with E-state index in [0.717, 1.165) is 22.4 Å². The van der Waals surface area contributed by atoms with Gasteiger partial charge in [0.15, 0.2) is 0 Å². The maximum absolute atomic E-state index is 12.8. The molecular weight excluding hydrogens is 420 g/mol. The quantitative estimate of drug-likeness (QED) is 0.650. The van der Waals surface area contributed by atoms with Crippen LogP contribution in [-0.2, 0) is 29.0 Å². The maximum atomic E-state index is 12.8. The fraction of sp³-hybridized carbons (Fsp3) is 0.280.